The molecule has 3 aliphatic rings. The van der Waals surface area contributed by atoms with E-state index in [1.807, 2.05) is 58.9 Å². The van der Waals surface area contributed by atoms with Crippen LogP contribution in [0.5, 0.6) is 5.75 Å². The molecule has 1 amide bonds. The largest absolute Gasteiger partial charge is 0.593 e. The van der Waals surface area contributed by atoms with Gasteiger partial charge in [-0.25, -0.2) is 4.98 Å². The van der Waals surface area contributed by atoms with Gasteiger partial charge >= 0.3 is 0 Å². The molecule has 3 aromatic rings. The van der Waals surface area contributed by atoms with Crippen LogP contribution in [0.25, 0.3) is 11.3 Å². The number of carbonyl (C=O) groups excluding carboxylic acids is 1. The van der Waals surface area contributed by atoms with Crippen molar-refractivity contribution in [2.45, 2.75) is 61.3 Å². The summed E-state index contributed by atoms with van der Waals surface area (Å²) >= 11 is -1.30. The van der Waals surface area contributed by atoms with Gasteiger partial charge in [-0.1, -0.05) is 32.0 Å². The van der Waals surface area contributed by atoms with E-state index in [-0.39, 0.29) is 24.0 Å². The summed E-state index contributed by atoms with van der Waals surface area (Å²) < 4.78 is 20.7. The van der Waals surface area contributed by atoms with Crippen molar-refractivity contribution in [1.82, 2.24) is 9.29 Å². The minimum Gasteiger partial charge on any atom is -0.593 e. The van der Waals surface area contributed by atoms with E-state index in [1.165, 1.54) is 0 Å². The maximum absolute atomic E-state index is 13.5. The molecule has 2 atom stereocenters. The first-order valence-electron chi connectivity index (χ1n) is 13.3. The van der Waals surface area contributed by atoms with Gasteiger partial charge in [-0.05, 0) is 73.7 Å². The van der Waals surface area contributed by atoms with Gasteiger partial charge in [0.2, 0.25) is 5.91 Å². The molecule has 1 saturated heterocycles. The fraction of sp³-hybridized carbons (Fsp3) is 0.400. The Hall–Kier alpha value is -2.91. The summed E-state index contributed by atoms with van der Waals surface area (Å²) in [6.45, 7) is 5.73. The molecule has 1 aromatic heterocycles. The van der Waals surface area contributed by atoms with Crippen molar-refractivity contribution >= 4 is 23.1 Å². The molecule has 198 valence electrons. The lowest BCUT2D eigenvalue weighted by molar-refractivity contribution is -0.118. The van der Waals surface area contributed by atoms with Gasteiger partial charge in [-0.15, -0.1) is 4.31 Å². The first kappa shape index (κ1) is 25.4. The van der Waals surface area contributed by atoms with Crippen LogP contribution in [0.1, 0.15) is 50.7 Å². The Kier molecular flexibility index (Phi) is 6.46. The van der Waals surface area contributed by atoms with Gasteiger partial charge < -0.3 is 19.7 Å². The smallest absolute Gasteiger partial charge is 0.236 e. The molecule has 2 N–H and O–H groups in total. The zero-order chi connectivity index (χ0) is 26.5. The fourth-order valence-corrected chi connectivity index (χ4v) is 6.96. The number of aliphatic hydroxyl groups is 1. The topological polar surface area (TPSA) is 97.8 Å². The Morgan fingerprint density at radius 1 is 1.18 bits per heavy atom. The van der Waals surface area contributed by atoms with Crippen LogP contribution in [0.2, 0.25) is 0 Å². The van der Waals surface area contributed by atoms with E-state index >= 15 is 0 Å². The summed E-state index contributed by atoms with van der Waals surface area (Å²) in [5.74, 6) is 1.39. The van der Waals surface area contributed by atoms with Gasteiger partial charge in [-0.2, -0.15) is 0 Å². The van der Waals surface area contributed by atoms with E-state index in [0.717, 1.165) is 60.4 Å². The number of carbonyl (C=O) groups is 1. The fourth-order valence-electron chi connectivity index (χ4n) is 5.58. The summed E-state index contributed by atoms with van der Waals surface area (Å²) in [5.41, 5.74) is 3.22. The highest BCUT2D eigenvalue weighted by Crippen LogP contribution is 2.51. The highest BCUT2D eigenvalue weighted by atomic mass is 32.2. The second kappa shape index (κ2) is 9.68. The number of nitrogens with one attached hydrogen (secondary N) is 1. The molecule has 3 heterocycles. The molecule has 2 fully saturated rings. The van der Waals surface area contributed by atoms with E-state index in [0.29, 0.717) is 17.3 Å². The lowest BCUT2D eigenvalue weighted by Gasteiger charge is -2.24. The number of pyridine rings is 1. The van der Waals surface area contributed by atoms with Crippen LogP contribution in [-0.4, -0.2) is 50.7 Å². The maximum atomic E-state index is 13.5. The highest BCUT2D eigenvalue weighted by Gasteiger charge is 2.52. The van der Waals surface area contributed by atoms with Crippen LogP contribution in [-0.2, 0) is 27.0 Å². The maximum Gasteiger partial charge on any atom is 0.236 e. The summed E-state index contributed by atoms with van der Waals surface area (Å²) in [5, 5.41) is 12.6. The summed E-state index contributed by atoms with van der Waals surface area (Å²) in [4.78, 5) is 18.9. The van der Waals surface area contributed by atoms with E-state index in [4.69, 9.17) is 9.72 Å². The Labute approximate surface area is 226 Å². The number of anilines is 1. The Balaban J connectivity index is 1.17. The molecule has 1 saturated carbocycles. The number of rotatable bonds is 7. The number of benzene rings is 2. The Morgan fingerprint density at radius 3 is 2.71 bits per heavy atom. The molecule has 6 rings (SSSR count). The van der Waals surface area contributed by atoms with Crippen molar-refractivity contribution in [2.24, 2.45) is 0 Å². The minimum atomic E-state index is -1.30. The molecule has 2 aliphatic heterocycles. The first-order chi connectivity index (χ1) is 18.3. The molecule has 2 aromatic carbocycles. The zero-order valence-electron chi connectivity index (χ0n) is 21.8. The van der Waals surface area contributed by atoms with Gasteiger partial charge in [0.05, 0.1) is 41.7 Å². The van der Waals surface area contributed by atoms with Crippen LogP contribution in [0.3, 0.4) is 0 Å². The van der Waals surface area contributed by atoms with E-state index < -0.39 is 16.8 Å². The average molecular weight is 532 g/mol. The number of aromatic nitrogens is 1. The summed E-state index contributed by atoms with van der Waals surface area (Å²) in [6.07, 6.45) is 3.43. The van der Waals surface area contributed by atoms with Crippen LogP contribution >= 0.6 is 0 Å². The quantitative estimate of drug-likeness (QED) is 0.434. The molecule has 0 bridgehead atoms. The third-order valence-corrected chi connectivity index (χ3v) is 9.71. The van der Waals surface area contributed by atoms with Crippen molar-refractivity contribution in [2.75, 3.05) is 25.1 Å². The lowest BCUT2D eigenvalue weighted by Crippen LogP contribution is -2.37. The van der Waals surface area contributed by atoms with Crippen LogP contribution < -0.4 is 10.1 Å². The van der Waals surface area contributed by atoms with Crippen molar-refractivity contribution in [3.8, 4) is 17.0 Å². The van der Waals surface area contributed by atoms with Crippen molar-refractivity contribution in [1.29, 1.82) is 0 Å². The minimum absolute atomic E-state index is 0.0203. The van der Waals surface area contributed by atoms with Gasteiger partial charge in [0, 0.05) is 23.1 Å². The van der Waals surface area contributed by atoms with Gasteiger partial charge in [0.25, 0.3) is 0 Å². The molecule has 38 heavy (non-hydrogen) atoms. The monoisotopic (exact) mass is 531 g/mol. The van der Waals surface area contributed by atoms with Gasteiger partial charge in [0.1, 0.15) is 11.6 Å². The summed E-state index contributed by atoms with van der Waals surface area (Å²) in [6, 6.07) is 19.2. The number of nitrogens with zero attached hydrogens (tertiary/aromatic N) is 2. The molecular weight excluding hydrogens is 498 g/mol. The van der Waals surface area contributed by atoms with E-state index in [1.54, 1.807) is 0 Å². The number of fused-ring (bicyclic) bond motifs is 1. The van der Waals surface area contributed by atoms with Crippen LogP contribution in [0.4, 0.5) is 5.82 Å². The SMILES string of the molecule is CC1(C)COc2ccc(C3(C(=O)Nc4cccc(-c5ccc([S+]([O-])N6CCC[C@@H]6CO)cc5)n4)CC3)cc21. The molecule has 0 spiro atoms. The average Bonchev–Trinajstić information content (AvgIpc) is 3.51. The molecule has 1 aliphatic carbocycles. The first-order valence-corrected chi connectivity index (χ1v) is 14.4. The summed E-state index contributed by atoms with van der Waals surface area (Å²) in [7, 11) is 0. The predicted molar refractivity (Wildman–Crippen MR) is 147 cm³/mol. The van der Waals surface area contributed by atoms with Crippen molar-refractivity contribution in [3.63, 3.8) is 0 Å². The predicted octanol–water partition coefficient (Wildman–Crippen LogP) is 4.57. The van der Waals surface area contributed by atoms with E-state index in [2.05, 4.69) is 25.2 Å². The second-order valence-corrected chi connectivity index (χ2v) is 12.7. The van der Waals surface area contributed by atoms with Crippen molar-refractivity contribution < 1.29 is 19.2 Å². The lowest BCUT2D eigenvalue weighted by atomic mass is 9.83. The third kappa shape index (κ3) is 4.49. The third-order valence-electron chi connectivity index (χ3n) is 8.12. The molecular formula is C30H33N3O4S. The normalized spacial score (nSPS) is 21.9. The van der Waals surface area contributed by atoms with Crippen LogP contribution in [0, 0.1) is 0 Å². The van der Waals surface area contributed by atoms with Gasteiger partial charge in [0.15, 0.2) is 4.90 Å². The van der Waals surface area contributed by atoms with Gasteiger partial charge in [-0.3, -0.25) is 4.79 Å². The Morgan fingerprint density at radius 2 is 1.97 bits per heavy atom. The Bertz CT molecular complexity index is 1360. The number of ether oxygens (including phenoxy) is 1. The number of hydrogen-bond acceptors (Lipinski definition) is 6. The number of aliphatic hydroxyl groups excluding tert-OH is 1. The molecule has 1 unspecified atom stereocenters. The van der Waals surface area contributed by atoms with Crippen LogP contribution in [0.15, 0.2) is 65.6 Å². The molecule has 0 radical (unpaired) electrons. The number of hydrogen-bond donors (Lipinski definition) is 2. The molecule has 8 heteroatoms. The number of amides is 1. The zero-order valence-corrected chi connectivity index (χ0v) is 22.6. The standard InChI is InChI=1S/C30H33N3O4S/c1-29(2)19-37-26-13-10-21(17-24(26)29)30(14-15-30)28(35)32-27-7-3-6-25(31-27)20-8-11-23(12-9-20)38(36)33-16-4-5-22(33)18-34/h3,6-13,17,22,34H,4-5,14-16,18-19H2,1-2H3,(H,31,32,35)/t22-,38?/m1/s1. The molecule has 7 nitrogen and oxygen atoms in total. The second-order valence-electron chi connectivity index (χ2n) is 11.2. The highest BCUT2D eigenvalue weighted by molar-refractivity contribution is 7.89. The van der Waals surface area contributed by atoms with E-state index in [9.17, 15) is 14.5 Å². The van der Waals surface area contributed by atoms with Crippen molar-refractivity contribution in [3.05, 3.63) is 71.8 Å².